The third kappa shape index (κ3) is 6.08. The molecule has 2 spiro atoms. The molecule has 3 aromatic rings. The molecule has 13 nitrogen and oxygen atoms in total. The lowest BCUT2D eigenvalue weighted by Gasteiger charge is -2.28. The molecule has 256 valence electrons. The SMILES string of the molecule is [2H]C([2H])(COc1ccn(-c2ccc(C(=O)NS(=O)(=O)c3cccc(NCCC[C@@H]4CN(C(=O)O)C(C)(C)C4)n3)c(Cl)n2)n1)C1C2(CC2)C12CC2. The molecule has 3 aliphatic carbocycles. The van der Waals surface area contributed by atoms with E-state index in [1.54, 1.807) is 18.3 Å². The molecule has 4 fully saturated rings. The highest BCUT2D eigenvalue weighted by Crippen LogP contribution is 2.93. The summed E-state index contributed by atoms with van der Waals surface area (Å²) in [5.74, 6) is 0.0831. The number of sulfonamides is 1. The summed E-state index contributed by atoms with van der Waals surface area (Å²) in [6.45, 7) is 4.73. The number of anilines is 1. The van der Waals surface area contributed by atoms with Gasteiger partial charge < -0.3 is 20.1 Å². The number of likely N-dealkylation sites (tertiary alicyclic amines) is 1. The summed E-state index contributed by atoms with van der Waals surface area (Å²) in [5.41, 5.74) is -0.173. The van der Waals surface area contributed by atoms with E-state index < -0.39 is 33.9 Å². The number of hydrogen-bond acceptors (Lipinski definition) is 9. The molecule has 0 aromatic carbocycles. The van der Waals surface area contributed by atoms with Gasteiger partial charge >= 0.3 is 6.09 Å². The van der Waals surface area contributed by atoms with Crippen molar-refractivity contribution in [3.63, 3.8) is 0 Å². The number of fused-ring (bicyclic) bond motifs is 1. The average molecular weight is 700 g/mol. The van der Waals surface area contributed by atoms with Gasteiger partial charge in [-0.15, -0.1) is 5.10 Å². The first-order chi connectivity index (χ1) is 23.6. The zero-order valence-electron chi connectivity index (χ0n) is 28.8. The Morgan fingerprint density at radius 2 is 1.88 bits per heavy atom. The third-order valence-corrected chi connectivity index (χ3v) is 12.0. The fraction of sp³-hybridized carbons (Fsp3) is 0.545. The molecule has 0 unspecified atom stereocenters. The number of carbonyl (C=O) groups is 2. The number of carbonyl (C=O) groups excluding carboxylic acids is 1. The smallest absolute Gasteiger partial charge is 0.407 e. The van der Waals surface area contributed by atoms with Crippen molar-refractivity contribution in [2.75, 3.05) is 25.0 Å². The Morgan fingerprint density at radius 1 is 1.12 bits per heavy atom. The zero-order chi connectivity index (χ0) is 35.7. The molecule has 15 heteroatoms. The quantitative estimate of drug-likeness (QED) is 0.156. The lowest BCUT2D eigenvalue weighted by atomic mass is 9.93. The predicted molar refractivity (Wildman–Crippen MR) is 177 cm³/mol. The lowest BCUT2D eigenvalue weighted by Crippen LogP contribution is -2.41. The van der Waals surface area contributed by atoms with E-state index in [9.17, 15) is 23.1 Å². The van der Waals surface area contributed by atoms with Crippen molar-refractivity contribution in [1.29, 1.82) is 0 Å². The Hall–Kier alpha value is -3.91. The summed E-state index contributed by atoms with van der Waals surface area (Å²) in [4.78, 5) is 34.4. The van der Waals surface area contributed by atoms with Gasteiger partial charge in [-0.25, -0.2) is 24.2 Å². The number of ether oxygens (including phenoxy) is 1. The van der Waals surface area contributed by atoms with E-state index in [1.165, 1.54) is 33.8 Å². The molecule has 3 saturated carbocycles. The van der Waals surface area contributed by atoms with E-state index in [0.29, 0.717) is 18.9 Å². The first kappa shape index (κ1) is 30.2. The second-order valence-corrected chi connectivity index (χ2v) is 16.0. The van der Waals surface area contributed by atoms with E-state index >= 15 is 0 Å². The van der Waals surface area contributed by atoms with Crippen LogP contribution in [0.25, 0.3) is 5.82 Å². The molecule has 1 aliphatic heterocycles. The van der Waals surface area contributed by atoms with Gasteiger partial charge in [-0.1, -0.05) is 17.7 Å². The van der Waals surface area contributed by atoms with Gasteiger partial charge in [-0.3, -0.25) is 4.79 Å². The average Bonchev–Trinajstić information content (AvgIpc) is 4.00. The van der Waals surface area contributed by atoms with Crippen LogP contribution < -0.4 is 14.8 Å². The fourth-order valence-corrected chi connectivity index (χ4v) is 8.99. The minimum atomic E-state index is -4.37. The molecule has 3 aromatic heterocycles. The van der Waals surface area contributed by atoms with E-state index in [4.69, 9.17) is 19.1 Å². The fourth-order valence-electron chi connectivity index (χ4n) is 7.82. The first-order valence-corrected chi connectivity index (χ1v) is 18.1. The minimum Gasteiger partial charge on any atom is -0.477 e. The van der Waals surface area contributed by atoms with Crippen LogP contribution in [0, 0.1) is 22.7 Å². The Labute approximate surface area is 287 Å². The van der Waals surface area contributed by atoms with Crippen LogP contribution in [0.2, 0.25) is 5.15 Å². The number of rotatable bonds is 13. The van der Waals surface area contributed by atoms with Crippen molar-refractivity contribution in [2.45, 2.75) is 75.7 Å². The van der Waals surface area contributed by atoms with E-state index in [2.05, 4.69) is 20.4 Å². The van der Waals surface area contributed by atoms with Crippen molar-refractivity contribution in [2.24, 2.45) is 22.7 Å². The molecular formula is C33H40ClN7O6S. The van der Waals surface area contributed by atoms with E-state index in [0.717, 1.165) is 44.9 Å². The predicted octanol–water partition coefficient (Wildman–Crippen LogP) is 5.36. The van der Waals surface area contributed by atoms with Crippen LogP contribution in [0.15, 0.2) is 47.6 Å². The highest BCUT2D eigenvalue weighted by molar-refractivity contribution is 7.90. The lowest BCUT2D eigenvalue weighted by molar-refractivity contribution is 0.0980. The molecule has 4 aliphatic rings. The summed E-state index contributed by atoms with van der Waals surface area (Å²) in [6.07, 6.45) is 5.96. The summed E-state index contributed by atoms with van der Waals surface area (Å²) < 4.78 is 52.6. The third-order valence-electron chi connectivity index (χ3n) is 10.5. The number of nitrogens with zero attached hydrogens (tertiary/aromatic N) is 5. The maximum absolute atomic E-state index is 13.1. The number of carboxylic acid groups (broad SMARTS) is 1. The molecule has 3 N–H and O–H groups in total. The van der Waals surface area contributed by atoms with Crippen LogP contribution >= 0.6 is 11.6 Å². The van der Waals surface area contributed by atoms with Crippen LogP contribution in [0.4, 0.5) is 10.6 Å². The molecule has 1 atom stereocenters. The van der Waals surface area contributed by atoms with Crippen molar-refractivity contribution < 1.29 is 30.6 Å². The van der Waals surface area contributed by atoms with Gasteiger partial charge in [0.2, 0.25) is 5.88 Å². The largest absolute Gasteiger partial charge is 0.477 e. The number of halogens is 1. The van der Waals surface area contributed by atoms with Crippen LogP contribution in [0.3, 0.4) is 0 Å². The van der Waals surface area contributed by atoms with E-state index in [1.807, 2.05) is 18.6 Å². The number of amides is 2. The molecule has 0 bridgehead atoms. The number of pyridine rings is 2. The second kappa shape index (κ2) is 11.9. The molecular weight excluding hydrogens is 658 g/mol. The number of aromatic nitrogens is 4. The van der Waals surface area contributed by atoms with Crippen LogP contribution in [-0.2, 0) is 10.0 Å². The second-order valence-electron chi connectivity index (χ2n) is 14.0. The standard InChI is InChI=1S/C33H40ClN7O6S/c1-31(2)19-21(20-40(31)30(43)44)5-4-16-35-24-6-3-7-27(36-24)48(45,46)39-29(42)22-8-9-25(37-28(22)34)41-17-10-26(38-41)47-18-11-23-32(12-13-32)33(23)14-15-33/h3,6-10,17,21,23H,4-5,11-16,18-20H2,1-2H3,(H,35,36)(H,39,42)(H,43,44)/t21-/m0/s1/i11D2. The van der Waals surface area contributed by atoms with Crippen molar-refractivity contribution >= 4 is 39.4 Å². The molecule has 2 amide bonds. The normalized spacial score (nSPS) is 22.2. The summed E-state index contributed by atoms with van der Waals surface area (Å²) >= 11 is 6.32. The van der Waals surface area contributed by atoms with Gasteiger partial charge in [0.05, 0.1) is 12.2 Å². The monoisotopic (exact) mass is 699 g/mol. The zero-order valence-corrected chi connectivity index (χ0v) is 28.4. The van der Waals surface area contributed by atoms with Crippen LogP contribution in [-0.4, -0.2) is 75.4 Å². The number of nitrogens with one attached hydrogen (secondary N) is 2. The van der Waals surface area contributed by atoms with Gasteiger partial charge in [0.15, 0.2) is 10.8 Å². The summed E-state index contributed by atoms with van der Waals surface area (Å²) in [7, 11) is -4.37. The molecule has 7 rings (SSSR count). The maximum Gasteiger partial charge on any atom is 0.407 e. The number of hydrogen-bond donors (Lipinski definition) is 3. The molecule has 1 saturated heterocycles. The molecule has 48 heavy (non-hydrogen) atoms. The first-order valence-electron chi connectivity index (χ1n) is 17.2. The Balaban J connectivity index is 0.915. The Morgan fingerprint density at radius 3 is 2.54 bits per heavy atom. The Kier molecular flexibility index (Phi) is 7.48. The van der Waals surface area contributed by atoms with Gasteiger partial charge in [0.1, 0.15) is 11.0 Å². The minimum absolute atomic E-state index is 0.0464. The Bertz CT molecular complexity index is 1930. The van der Waals surface area contributed by atoms with Crippen LogP contribution in [0.5, 0.6) is 5.88 Å². The van der Waals surface area contributed by atoms with Gasteiger partial charge in [0.25, 0.3) is 15.9 Å². The molecule has 4 heterocycles. The highest BCUT2D eigenvalue weighted by Gasteiger charge is 2.85. The van der Waals surface area contributed by atoms with Gasteiger partial charge in [-0.2, -0.15) is 8.42 Å². The van der Waals surface area contributed by atoms with E-state index in [-0.39, 0.29) is 56.7 Å². The molecule has 0 radical (unpaired) electrons. The van der Waals surface area contributed by atoms with Crippen LogP contribution in [0.1, 0.15) is 78.3 Å². The van der Waals surface area contributed by atoms with Gasteiger partial charge in [-0.05, 0) is 112 Å². The highest BCUT2D eigenvalue weighted by atomic mass is 35.5. The maximum atomic E-state index is 13.1. The van der Waals surface area contributed by atoms with Crippen molar-refractivity contribution in [3.05, 3.63) is 53.3 Å². The summed E-state index contributed by atoms with van der Waals surface area (Å²) in [5, 5.41) is 16.3. The topological polar surface area (TPSA) is 169 Å². The van der Waals surface area contributed by atoms with Gasteiger partial charge in [0, 0.05) is 33.6 Å². The van der Waals surface area contributed by atoms with Crippen molar-refractivity contribution in [3.8, 4) is 11.7 Å². The van der Waals surface area contributed by atoms with Crippen molar-refractivity contribution in [1.82, 2.24) is 29.4 Å². The summed E-state index contributed by atoms with van der Waals surface area (Å²) in [6, 6.07) is 8.78.